The fourth-order valence-corrected chi connectivity index (χ4v) is 3.50. The van der Waals surface area contributed by atoms with Crippen LogP contribution in [0.2, 0.25) is 10.0 Å². The Kier molecular flexibility index (Phi) is 7.15. The van der Waals surface area contributed by atoms with Crippen LogP contribution in [-0.4, -0.2) is 31.0 Å². The lowest BCUT2D eigenvalue weighted by Crippen LogP contribution is -2.15. The molecule has 2 amide bonds. The maximum atomic E-state index is 12.5. The number of amides is 2. The third-order valence-electron chi connectivity index (χ3n) is 3.93. The van der Waals surface area contributed by atoms with Crippen molar-refractivity contribution in [2.45, 2.75) is 6.42 Å². The highest BCUT2D eigenvalue weighted by molar-refractivity contribution is 7.14. The quantitative estimate of drug-likeness (QED) is 0.517. The van der Waals surface area contributed by atoms with E-state index in [0.717, 1.165) is 0 Å². The van der Waals surface area contributed by atoms with Gasteiger partial charge < -0.3 is 14.8 Å². The Hall–Kier alpha value is -2.81. The molecule has 3 aromatic rings. The summed E-state index contributed by atoms with van der Waals surface area (Å²) in [6, 6.07) is 9.68. The molecule has 0 saturated heterocycles. The van der Waals surface area contributed by atoms with Crippen molar-refractivity contribution < 1.29 is 19.1 Å². The van der Waals surface area contributed by atoms with E-state index in [1.807, 2.05) is 0 Å². The zero-order chi connectivity index (χ0) is 21.7. The maximum Gasteiger partial charge on any atom is 0.257 e. The Balaban J connectivity index is 1.62. The number of anilines is 2. The van der Waals surface area contributed by atoms with Crippen LogP contribution in [0.25, 0.3) is 0 Å². The number of ether oxygens (including phenoxy) is 2. The van der Waals surface area contributed by atoms with Crippen molar-refractivity contribution in [3.8, 4) is 11.5 Å². The zero-order valence-electron chi connectivity index (χ0n) is 16.0. The van der Waals surface area contributed by atoms with Crippen LogP contribution in [0, 0.1) is 0 Å². The molecule has 30 heavy (non-hydrogen) atoms. The van der Waals surface area contributed by atoms with E-state index in [1.54, 1.807) is 41.8 Å². The summed E-state index contributed by atoms with van der Waals surface area (Å²) in [5.74, 6) is 0.360. The number of nitrogens with one attached hydrogen (secondary N) is 2. The first-order chi connectivity index (χ1) is 14.4. The van der Waals surface area contributed by atoms with Gasteiger partial charge in [-0.25, -0.2) is 4.98 Å². The van der Waals surface area contributed by atoms with Crippen molar-refractivity contribution in [3.05, 3.63) is 63.1 Å². The van der Waals surface area contributed by atoms with Crippen LogP contribution in [0.1, 0.15) is 16.1 Å². The standard InChI is InChI=1S/C20H17Cl2N3O4S/c1-28-14-5-11(6-15(9-14)29-2)19(27)25-20-24-13(10-30-20)8-18(26)23-12-3-4-16(21)17(22)7-12/h3-7,9-10H,8H2,1-2H3,(H,23,26)(H,24,25,27). The van der Waals surface area contributed by atoms with Crippen LogP contribution in [-0.2, 0) is 11.2 Å². The molecule has 2 N–H and O–H groups in total. The molecule has 10 heteroatoms. The summed E-state index contributed by atoms with van der Waals surface area (Å²) in [6.45, 7) is 0. The van der Waals surface area contributed by atoms with Crippen molar-refractivity contribution in [2.75, 3.05) is 24.9 Å². The number of hydrogen-bond donors (Lipinski definition) is 2. The van der Waals surface area contributed by atoms with Gasteiger partial charge >= 0.3 is 0 Å². The van der Waals surface area contributed by atoms with Gasteiger partial charge in [0.15, 0.2) is 5.13 Å². The molecular formula is C20H17Cl2N3O4S. The highest BCUT2D eigenvalue weighted by atomic mass is 35.5. The van der Waals surface area contributed by atoms with E-state index in [2.05, 4.69) is 15.6 Å². The number of carbonyl (C=O) groups is 2. The van der Waals surface area contributed by atoms with Gasteiger partial charge in [0, 0.05) is 22.7 Å². The summed E-state index contributed by atoms with van der Waals surface area (Å²) < 4.78 is 10.4. The predicted octanol–water partition coefficient (Wildman–Crippen LogP) is 4.90. The number of aromatic nitrogens is 1. The van der Waals surface area contributed by atoms with Crippen molar-refractivity contribution >= 4 is 57.2 Å². The molecule has 0 atom stereocenters. The van der Waals surface area contributed by atoms with Crippen LogP contribution in [0.15, 0.2) is 41.8 Å². The van der Waals surface area contributed by atoms with E-state index in [4.69, 9.17) is 32.7 Å². The highest BCUT2D eigenvalue weighted by Crippen LogP contribution is 2.26. The topological polar surface area (TPSA) is 89.6 Å². The molecule has 2 aromatic carbocycles. The molecule has 0 radical (unpaired) electrons. The molecule has 3 rings (SSSR count). The summed E-state index contributed by atoms with van der Waals surface area (Å²) in [5, 5.41) is 8.27. The normalized spacial score (nSPS) is 10.4. The van der Waals surface area contributed by atoms with E-state index in [-0.39, 0.29) is 18.2 Å². The van der Waals surface area contributed by atoms with E-state index in [0.29, 0.717) is 43.6 Å². The molecule has 0 bridgehead atoms. The number of thiazole rings is 1. The minimum absolute atomic E-state index is 0.0413. The summed E-state index contributed by atoms with van der Waals surface area (Å²) in [6.07, 6.45) is 0.0413. The Morgan fingerprint density at radius 3 is 2.33 bits per heavy atom. The highest BCUT2D eigenvalue weighted by Gasteiger charge is 2.14. The first-order valence-electron chi connectivity index (χ1n) is 8.61. The van der Waals surface area contributed by atoms with Crippen LogP contribution >= 0.6 is 34.5 Å². The van der Waals surface area contributed by atoms with Crippen LogP contribution in [0.4, 0.5) is 10.8 Å². The van der Waals surface area contributed by atoms with E-state index < -0.39 is 0 Å². The number of halogens is 2. The van der Waals surface area contributed by atoms with E-state index in [9.17, 15) is 9.59 Å². The number of nitrogens with zero attached hydrogens (tertiary/aromatic N) is 1. The number of hydrogen-bond acceptors (Lipinski definition) is 6. The molecular weight excluding hydrogens is 449 g/mol. The lowest BCUT2D eigenvalue weighted by atomic mass is 10.2. The van der Waals surface area contributed by atoms with Gasteiger partial charge in [0.25, 0.3) is 5.91 Å². The van der Waals surface area contributed by atoms with Gasteiger partial charge in [0.1, 0.15) is 11.5 Å². The third-order valence-corrected chi connectivity index (χ3v) is 5.48. The molecule has 0 unspecified atom stereocenters. The molecule has 156 valence electrons. The fourth-order valence-electron chi connectivity index (χ4n) is 2.50. The summed E-state index contributed by atoms with van der Waals surface area (Å²) in [7, 11) is 3.01. The number of rotatable bonds is 7. The molecule has 0 aliphatic carbocycles. The Morgan fingerprint density at radius 2 is 1.70 bits per heavy atom. The molecule has 7 nitrogen and oxygen atoms in total. The van der Waals surface area contributed by atoms with Crippen molar-refractivity contribution in [2.24, 2.45) is 0 Å². The molecule has 0 fully saturated rings. The smallest absolute Gasteiger partial charge is 0.257 e. The largest absolute Gasteiger partial charge is 0.497 e. The minimum atomic E-state index is -0.367. The molecule has 1 aromatic heterocycles. The molecule has 0 saturated carbocycles. The van der Waals surface area contributed by atoms with Gasteiger partial charge in [-0.2, -0.15) is 0 Å². The van der Waals surface area contributed by atoms with Gasteiger partial charge in [0.2, 0.25) is 5.91 Å². The lowest BCUT2D eigenvalue weighted by molar-refractivity contribution is -0.115. The monoisotopic (exact) mass is 465 g/mol. The van der Waals surface area contributed by atoms with Crippen LogP contribution in [0.5, 0.6) is 11.5 Å². The first-order valence-corrected chi connectivity index (χ1v) is 10.2. The average molecular weight is 466 g/mol. The van der Waals surface area contributed by atoms with Gasteiger partial charge in [0.05, 0.1) is 36.4 Å². The molecule has 1 heterocycles. The minimum Gasteiger partial charge on any atom is -0.497 e. The third kappa shape index (κ3) is 5.63. The van der Waals surface area contributed by atoms with Gasteiger partial charge in [-0.15, -0.1) is 11.3 Å². The second-order valence-electron chi connectivity index (χ2n) is 6.05. The molecule has 0 aliphatic heterocycles. The molecule has 0 aliphatic rings. The second-order valence-corrected chi connectivity index (χ2v) is 7.73. The zero-order valence-corrected chi connectivity index (χ0v) is 18.3. The second kappa shape index (κ2) is 9.80. The number of benzene rings is 2. The number of methoxy groups -OCH3 is 2. The van der Waals surface area contributed by atoms with Crippen molar-refractivity contribution in [1.29, 1.82) is 0 Å². The maximum absolute atomic E-state index is 12.5. The van der Waals surface area contributed by atoms with Gasteiger partial charge in [-0.05, 0) is 30.3 Å². The summed E-state index contributed by atoms with van der Waals surface area (Å²) >= 11 is 13.0. The fraction of sp³-hybridized carbons (Fsp3) is 0.150. The van der Waals surface area contributed by atoms with E-state index >= 15 is 0 Å². The summed E-state index contributed by atoms with van der Waals surface area (Å²) in [5.41, 5.74) is 1.42. The average Bonchev–Trinajstić information content (AvgIpc) is 3.16. The van der Waals surface area contributed by atoms with Gasteiger partial charge in [-0.3, -0.25) is 14.9 Å². The van der Waals surface area contributed by atoms with E-state index in [1.165, 1.54) is 25.6 Å². The lowest BCUT2D eigenvalue weighted by Gasteiger charge is -2.08. The van der Waals surface area contributed by atoms with Crippen LogP contribution in [0.3, 0.4) is 0 Å². The van der Waals surface area contributed by atoms with Crippen LogP contribution < -0.4 is 20.1 Å². The SMILES string of the molecule is COc1cc(OC)cc(C(=O)Nc2nc(CC(=O)Nc3ccc(Cl)c(Cl)c3)cs2)c1. The molecule has 0 spiro atoms. The summed E-state index contributed by atoms with van der Waals surface area (Å²) in [4.78, 5) is 29.0. The Morgan fingerprint density at radius 1 is 1.00 bits per heavy atom. The van der Waals surface area contributed by atoms with Gasteiger partial charge in [-0.1, -0.05) is 23.2 Å². The predicted molar refractivity (Wildman–Crippen MR) is 118 cm³/mol. The van der Waals surface area contributed by atoms with Crippen molar-refractivity contribution in [1.82, 2.24) is 4.98 Å². The first kappa shape index (κ1) is 21.9. The number of carbonyl (C=O) groups excluding carboxylic acids is 2. The van der Waals surface area contributed by atoms with Crippen molar-refractivity contribution in [3.63, 3.8) is 0 Å². The Labute approximate surface area is 186 Å². The Bertz CT molecular complexity index is 1070.